The Labute approximate surface area is 155 Å². The first-order valence-corrected chi connectivity index (χ1v) is 10.3. The Morgan fingerprint density at radius 2 is 2.16 bits per heavy atom. The third-order valence-electron chi connectivity index (χ3n) is 4.48. The van der Waals surface area contributed by atoms with Crippen LogP contribution in [0, 0.1) is 0 Å². The molecule has 1 aromatic carbocycles. The maximum atomic E-state index is 12.4. The van der Waals surface area contributed by atoms with E-state index in [9.17, 15) is 4.79 Å². The molecule has 0 saturated carbocycles. The number of aryl methyl sites for hydroxylation is 3. The summed E-state index contributed by atoms with van der Waals surface area (Å²) in [5.41, 5.74) is 3.46. The number of benzene rings is 1. The zero-order valence-corrected chi connectivity index (χ0v) is 15.7. The van der Waals surface area contributed by atoms with E-state index in [0.29, 0.717) is 5.75 Å². The Balaban J connectivity index is 1.50. The molecule has 4 nitrogen and oxygen atoms in total. The van der Waals surface area contributed by atoms with Crippen molar-refractivity contribution in [2.45, 2.75) is 37.6 Å². The molecule has 25 heavy (non-hydrogen) atoms. The quantitative estimate of drug-likeness (QED) is 0.532. The van der Waals surface area contributed by atoms with Crippen molar-refractivity contribution in [3.8, 4) is 0 Å². The topological polar surface area (TPSA) is 54.9 Å². The van der Waals surface area contributed by atoms with Crippen LogP contribution < -0.4 is 5.32 Å². The number of carbonyl (C=O) groups is 1. The molecule has 0 spiro atoms. The smallest absolute Gasteiger partial charge is 0.234 e. The van der Waals surface area contributed by atoms with Crippen molar-refractivity contribution in [3.63, 3.8) is 0 Å². The van der Waals surface area contributed by atoms with Gasteiger partial charge < -0.3 is 5.32 Å². The highest BCUT2D eigenvalue weighted by molar-refractivity contribution is 8.00. The number of hydrogen-bond acceptors (Lipinski definition) is 5. The highest BCUT2D eigenvalue weighted by atomic mass is 32.2. The number of amides is 1. The fourth-order valence-corrected chi connectivity index (χ4v) is 5.40. The van der Waals surface area contributed by atoms with E-state index in [4.69, 9.17) is 0 Å². The van der Waals surface area contributed by atoms with Gasteiger partial charge in [-0.3, -0.25) is 4.79 Å². The number of nitrogens with zero attached hydrogens (tertiary/aromatic N) is 2. The van der Waals surface area contributed by atoms with Gasteiger partial charge in [0.15, 0.2) is 0 Å². The van der Waals surface area contributed by atoms with Crippen molar-refractivity contribution >= 4 is 44.9 Å². The zero-order valence-electron chi connectivity index (χ0n) is 14.0. The van der Waals surface area contributed by atoms with Crippen LogP contribution in [0.25, 0.3) is 10.2 Å². The summed E-state index contributed by atoms with van der Waals surface area (Å²) in [6, 6.07) is 7.95. The van der Waals surface area contributed by atoms with Gasteiger partial charge in [-0.05, 0) is 42.9 Å². The molecule has 128 valence electrons. The predicted octanol–water partition coefficient (Wildman–Crippen LogP) is 4.47. The number of aromatic nitrogens is 2. The molecular formula is C19H19N3OS2. The first-order valence-electron chi connectivity index (χ1n) is 8.52. The molecule has 0 saturated heterocycles. The summed E-state index contributed by atoms with van der Waals surface area (Å²) in [5, 5.41) is 5.13. The van der Waals surface area contributed by atoms with Crippen LogP contribution in [0.5, 0.6) is 0 Å². The minimum Gasteiger partial charge on any atom is -0.325 e. The molecule has 1 N–H and O–H groups in total. The van der Waals surface area contributed by atoms with Crippen LogP contribution in [0.4, 0.5) is 5.69 Å². The summed E-state index contributed by atoms with van der Waals surface area (Å²) in [5.74, 6) is 0.360. The maximum Gasteiger partial charge on any atom is 0.234 e. The first-order chi connectivity index (χ1) is 12.3. The minimum absolute atomic E-state index is 0.00420. The lowest BCUT2D eigenvalue weighted by Crippen LogP contribution is -2.15. The van der Waals surface area contributed by atoms with Gasteiger partial charge in [0.2, 0.25) is 5.91 Å². The molecule has 4 rings (SSSR count). The summed E-state index contributed by atoms with van der Waals surface area (Å²) in [7, 11) is 0. The normalized spacial score (nSPS) is 13.2. The molecule has 3 aromatic rings. The summed E-state index contributed by atoms with van der Waals surface area (Å²) in [4.78, 5) is 23.8. The first kappa shape index (κ1) is 16.5. The van der Waals surface area contributed by atoms with Gasteiger partial charge in [0.25, 0.3) is 0 Å². The van der Waals surface area contributed by atoms with E-state index in [0.717, 1.165) is 40.4 Å². The van der Waals surface area contributed by atoms with Crippen molar-refractivity contribution < 1.29 is 4.79 Å². The standard InChI is InChI=1S/C19H19N3OS2/c1-2-12-6-3-4-8-14(12)22-16(23)10-24-18-17-13-7-5-9-15(13)25-19(17)21-11-20-18/h3-4,6,8,11H,2,5,7,9-10H2,1H3,(H,22,23). The fraction of sp³-hybridized carbons (Fsp3) is 0.316. The summed E-state index contributed by atoms with van der Waals surface area (Å²) in [6.45, 7) is 2.09. The molecule has 0 radical (unpaired) electrons. The minimum atomic E-state index is 0.00420. The second-order valence-electron chi connectivity index (χ2n) is 6.06. The van der Waals surface area contributed by atoms with Gasteiger partial charge in [-0.1, -0.05) is 36.9 Å². The molecule has 0 atom stereocenters. The van der Waals surface area contributed by atoms with E-state index in [1.807, 2.05) is 24.3 Å². The Morgan fingerprint density at radius 1 is 1.28 bits per heavy atom. The largest absolute Gasteiger partial charge is 0.325 e. The Hall–Kier alpha value is -1.92. The van der Waals surface area contributed by atoms with Gasteiger partial charge in [-0.2, -0.15) is 0 Å². The van der Waals surface area contributed by atoms with Gasteiger partial charge in [-0.25, -0.2) is 9.97 Å². The van der Waals surface area contributed by atoms with Crippen molar-refractivity contribution in [2.24, 2.45) is 0 Å². The summed E-state index contributed by atoms with van der Waals surface area (Å²) < 4.78 is 0. The monoisotopic (exact) mass is 369 g/mol. The van der Waals surface area contributed by atoms with Crippen LogP contribution >= 0.6 is 23.1 Å². The molecule has 1 amide bonds. The average Bonchev–Trinajstić information content (AvgIpc) is 3.21. The highest BCUT2D eigenvalue weighted by Crippen LogP contribution is 2.39. The molecule has 6 heteroatoms. The Morgan fingerprint density at radius 3 is 3.04 bits per heavy atom. The van der Waals surface area contributed by atoms with Gasteiger partial charge in [0.1, 0.15) is 16.2 Å². The fourth-order valence-electron chi connectivity index (χ4n) is 3.28. The third kappa shape index (κ3) is 3.28. The van der Waals surface area contributed by atoms with E-state index in [1.54, 1.807) is 17.7 Å². The predicted molar refractivity (Wildman–Crippen MR) is 105 cm³/mol. The van der Waals surface area contributed by atoms with Gasteiger partial charge in [0.05, 0.1) is 5.75 Å². The molecule has 1 aliphatic carbocycles. The SMILES string of the molecule is CCc1ccccc1NC(=O)CSc1ncnc2sc3c(c12)CCC3. The molecule has 2 aromatic heterocycles. The number of anilines is 1. The highest BCUT2D eigenvalue weighted by Gasteiger charge is 2.21. The molecule has 0 bridgehead atoms. The van der Waals surface area contributed by atoms with Crippen LogP contribution in [0.3, 0.4) is 0 Å². The number of para-hydroxylation sites is 1. The number of hydrogen-bond donors (Lipinski definition) is 1. The van der Waals surface area contributed by atoms with Gasteiger partial charge in [0, 0.05) is 16.0 Å². The van der Waals surface area contributed by atoms with E-state index >= 15 is 0 Å². The maximum absolute atomic E-state index is 12.4. The number of carbonyl (C=O) groups excluding carboxylic acids is 1. The summed E-state index contributed by atoms with van der Waals surface area (Å²) in [6.07, 6.45) is 5.98. The lowest BCUT2D eigenvalue weighted by molar-refractivity contribution is -0.113. The van der Waals surface area contributed by atoms with Crippen LogP contribution in [-0.4, -0.2) is 21.6 Å². The Bertz CT molecular complexity index is 936. The number of thioether (sulfide) groups is 1. The molecule has 1 aliphatic rings. The lowest BCUT2D eigenvalue weighted by Gasteiger charge is -2.09. The molecular weight excluding hydrogens is 350 g/mol. The van der Waals surface area contributed by atoms with Gasteiger partial charge >= 0.3 is 0 Å². The van der Waals surface area contributed by atoms with Crippen molar-refractivity contribution in [1.82, 2.24) is 9.97 Å². The summed E-state index contributed by atoms with van der Waals surface area (Å²) >= 11 is 3.28. The molecule has 0 aliphatic heterocycles. The van der Waals surface area contributed by atoms with E-state index in [-0.39, 0.29) is 5.91 Å². The van der Waals surface area contributed by atoms with Crippen LogP contribution in [-0.2, 0) is 24.1 Å². The number of thiophene rings is 1. The molecule has 0 fully saturated rings. The van der Waals surface area contributed by atoms with Crippen molar-refractivity contribution in [1.29, 1.82) is 0 Å². The third-order valence-corrected chi connectivity index (χ3v) is 6.67. The number of fused-ring (bicyclic) bond motifs is 3. The Kier molecular flexibility index (Phi) is 4.72. The van der Waals surface area contributed by atoms with Crippen LogP contribution in [0.15, 0.2) is 35.6 Å². The van der Waals surface area contributed by atoms with Gasteiger partial charge in [-0.15, -0.1) is 11.3 Å². The van der Waals surface area contributed by atoms with E-state index < -0.39 is 0 Å². The lowest BCUT2D eigenvalue weighted by atomic mass is 10.1. The van der Waals surface area contributed by atoms with Crippen LogP contribution in [0.2, 0.25) is 0 Å². The average molecular weight is 370 g/mol. The number of rotatable bonds is 5. The zero-order chi connectivity index (χ0) is 17.2. The van der Waals surface area contributed by atoms with Crippen LogP contribution in [0.1, 0.15) is 29.3 Å². The number of nitrogens with one attached hydrogen (secondary N) is 1. The van der Waals surface area contributed by atoms with Crippen molar-refractivity contribution in [2.75, 3.05) is 11.1 Å². The molecule has 2 heterocycles. The van der Waals surface area contributed by atoms with E-state index in [2.05, 4.69) is 22.2 Å². The van der Waals surface area contributed by atoms with Crippen molar-refractivity contribution in [3.05, 3.63) is 46.6 Å². The van der Waals surface area contributed by atoms with E-state index in [1.165, 1.54) is 34.0 Å². The molecule has 0 unspecified atom stereocenters. The second kappa shape index (κ2) is 7.14. The second-order valence-corrected chi connectivity index (χ2v) is 8.11.